The number of hydrogen-bond acceptors (Lipinski definition) is 2. The maximum absolute atomic E-state index is 3.64. The third-order valence-electron chi connectivity index (χ3n) is 4.86. The van der Waals surface area contributed by atoms with Crippen LogP contribution in [0.2, 0.25) is 0 Å². The summed E-state index contributed by atoms with van der Waals surface area (Å²) in [5.74, 6) is 0.845. The number of rotatable bonds is 6. The SMILES string of the molecule is CCNC(CCN1CCCC(C)C1C)c1ccccc1. The van der Waals surface area contributed by atoms with Crippen molar-refractivity contribution >= 4 is 0 Å². The first-order valence-electron chi connectivity index (χ1n) is 8.24. The first-order valence-corrected chi connectivity index (χ1v) is 8.24. The van der Waals surface area contributed by atoms with Crippen LogP contribution in [0, 0.1) is 5.92 Å². The fourth-order valence-corrected chi connectivity index (χ4v) is 3.35. The van der Waals surface area contributed by atoms with Crippen LogP contribution < -0.4 is 5.32 Å². The lowest BCUT2D eigenvalue weighted by atomic mass is 9.91. The lowest BCUT2D eigenvalue weighted by Gasteiger charge is -2.38. The molecule has 0 bridgehead atoms. The quantitative estimate of drug-likeness (QED) is 0.847. The Morgan fingerprint density at radius 3 is 2.70 bits per heavy atom. The second kappa shape index (κ2) is 7.80. The average Bonchev–Trinajstić information content (AvgIpc) is 2.48. The highest BCUT2D eigenvalue weighted by molar-refractivity contribution is 5.18. The predicted octanol–water partition coefficient (Wildman–Crippen LogP) is 3.85. The summed E-state index contributed by atoms with van der Waals surface area (Å²) in [6, 6.07) is 12.1. The first-order chi connectivity index (χ1) is 9.72. The molecular formula is C18H30N2. The molecular weight excluding hydrogens is 244 g/mol. The molecule has 3 atom stereocenters. The minimum absolute atomic E-state index is 0.491. The van der Waals surface area contributed by atoms with Crippen LogP contribution in [0.1, 0.15) is 51.6 Å². The summed E-state index contributed by atoms with van der Waals surface area (Å²) >= 11 is 0. The van der Waals surface area contributed by atoms with Gasteiger partial charge in [-0.15, -0.1) is 0 Å². The molecule has 0 aliphatic carbocycles. The van der Waals surface area contributed by atoms with Crippen LogP contribution >= 0.6 is 0 Å². The molecule has 0 saturated carbocycles. The largest absolute Gasteiger partial charge is 0.310 e. The van der Waals surface area contributed by atoms with Gasteiger partial charge in [-0.1, -0.05) is 44.2 Å². The molecule has 2 heteroatoms. The van der Waals surface area contributed by atoms with E-state index in [0.717, 1.165) is 18.5 Å². The van der Waals surface area contributed by atoms with E-state index in [4.69, 9.17) is 0 Å². The van der Waals surface area contributed by atoms with Gasteiger partial charge >= 0.3 is 0 Å². The number of hydrogen-bond donors (Lipinski definition) is 1. The second-order valence-electron chi connectivity index (χ2n) is 6.21. The fourth-order valence-electron chi connectivity index (χ4n) is 3.35. The molecule has 1 saturated heterocycles. The Balaban J connectivity index is 1.92. The second-order valence-corrected chi connectivity index (χ2v) is 6.21. The maximum Gasteiger partial charge on any atom is 0.0332 e. The molecule has 2 rings (SSSR count). The number of benzene rings is 1. The highest BCUT2D eigenvalue weighted by Crippen LogP contribution is 2.24. The molecule has 0 radical (unpaired) electrons. The van der Waals surface area contributed by atoms with Gasteiger partial charge in [-0.05, 0) is 50.8 Å². The van der Waals surface area contributed by atoms with Crippen molar-refractivity contribution in [3.05, 3.63) is 35.9 Å². The van der Waals surface area contributed by atoms with Gasteiger partial charge in [-0.3, -0.25) is 0 Å². The van der Waals surface area contributed by atoms with Crippen molar-refractivity contribution in [2.45, 2.75) is 52.1 Å². The Kier molecular flexibility index (Phi) is 6.06. The number of likely N-dealkylation sites (tertiary alicyclic amines) is 1. The Morgan fingerprint density at radius 1 is 1.25 bits per heavy atom. The van der Waals surface area contributed by atoms with E-state index < -0.39 is 0 Å². The van der Waals surface area contributed by atoms with Crippen molar-refractivity contribution in [1.82, 2.24) is 10.2 Å². The molecule has 3 unspecified atom stereocenters. The van der Waals surface area contributed by atoms with E-state index in [1.165, 1.54) is 37.9 Å². The minimum atomic E-state index is 0.491. The lowest BCUT2D eigenvalue weighted by Crippen LogP contribution is -2.43. The molecule has 1 aromatic carbocycles. The third kappa shape index (κ3) is 4.07. The van der Waals surface area contributed by atoms with E-state index in [0.29, 0.717) is 6.04 Å². The van der Waals surface area contributed by atoms with Gasteiger partial charge in [0.2, 0.25) is 0 Å². The summed E-state index contributed by atoms with van der Waals surface area (Å²) in [7, 11) is 0. The average molecular weight is 274 g/mol. The topological polar surface area (TPSA) is 15.3 Å². The minimum Gasteiger partial charge on any atom is -0.310 e. The van der Waals surface area contributed by atoms with Crippen molar-refractivity contribution in [1.29, 1.82) is 0 Å². The summed E-state index contributed by atoms with van der Waals surface area (Å²) < 4.78 is 0. The molecule has 1 N–H and O–H groups in total. The molecule has 1 heterocycles. The smallest absolute Gasteiger partial charge is 0.0332 e. The molecule has 1 fully saturated rings. The zero-order valence-electron chi connectivity index (χ0n) is 13.3. The normalized spacial score (nSPS) is 25.6. The van der Waals surface area contributed by atoms with E-state index in [1.54, 1.807) is 0 Å². The maximum atomic E-state index is 3.64. The van der Waals surface area contributed by atoms with Crippen LogP contribution in [0.25, 0.3) is 0 Å². The van der Waals surface area contributed by atoms with Gasteiger partial charge in [0.05, 0.1) is 0 Å². The molecule has 0 aromatic heterocycles. The standard InChI is InChI=1S/C18H30N2/c1-4-19-18(17-10-6-5-7-11-17)12-14-20-13-8-9-15(2)16(20)3/h5-7,10-11,15-16,18-19H,4,8-9,12-14H2,1-3H3. The number of piperidine rings is 1. The van der Waals surface area contributed by atoms with Crippen LogP contribution in [-0.4, -0.2) is 30.6 Å². The zero-order chi connectivity index (χ0) is 14.4. The van der Waals surface area contributed by atoms with E-state index in [-0.39, 0.29) is 0 Å². The third-order valence-corrected chi connectivity index (χ3v) is 4.86. The molecule has 112 valence electrons. The number of nitrogens with zero attached hydrogens (tertiary/aromatic N) is 1. The summed E-state index contributed by atoms with van der Waals surface area (Å²) in [5.41, 5.74) is 1.42. The predicted molar refractivity (Wildman–Crippen MR) is 86.9 cm³/mol. The molecule has 0 amide bonds. The van der Waals surface area contributed by atoms with Crippen LogP contribution in [0.4, 0.5) is 0 Å². The summed E-state index contributed by atoms with van der Waals surface area (Å²) in [4.78, 5) is 2.68. The zero-order valence-corrected chi connectivity index (χ0v) is 13.3. The van der Waals surface area contributed by atoms with Crippen LogP contribution in [0.5, 0.6) is 0 Å². The van der Waals surface area contributed by atoms with Crippen molar-refractivity contribution in [3.63, 3.8) is 0 Å². The Labute approximate surface area is 124 Å². The highest BCUT2D eigenvalue weighted by atomic mass is 15.2. The van der Waals surface area contributed by atoms with Gasteiger partial charge in [-0.2, -0.15) is 0 Å². The molecule has 1 aromatic rings. The van der Waals surface area contributed by atoms with Gasteiger partial charge in [0.15, 0.2) is 0 Å². The van der Waals surface area contributed by atoms with Gasteiger partial charge in [0, 0.05) is 18.6 Å². The van der Waals surface area contributed by atoms with E-state index in [9.17, 15) is 0 Å². The van der Waals surface area contributed by atoms with Crippen LogP contribution in [0.3, 0.4) is 0 Å². The van der Waals surface area contributed by atoms with E-state index >= 15 is 0 Å². The Bertz CT molecular complexity index is 376. The van der Waals surface area contributed by atoms with Crippen molar-refractivity contribution in [3.8, 4) is 0 Å². The molecule has 0 spiro atoms. The summed E-state index contributed by atoms with van der Waals surface area (Å²) in [5, 5.41) is 3.64. The van der Waals surface area contributed by atoms with Gasteiger partial charge in [0.25, 0.3) is 0 Å². The lowest BCUT2D eigenvalue weighted by molar-refractivity contribution is 0.109. The van der Waals surface area contributed by atoms with Crippen LogP contribution in [0.15, 0.2) is 30.3 Å². The van der Waals surface area contributed by atoms with E-state index in [1.807, 2.05) is 0 Å². The van der Waals surface area contributed by atoms with Crippen molar-refractivity contribution in [2.75, 3.05) is 19.6 Å². The Morgan fingerprint density at radius 2 is 2.00 bits per heavy atom. The van der Waals surface area contributed by atoms with Crippen molar-refractivity contribution in [2.24, 2.45) is 5.92 Å². The molecule has 2 nitrogen and oxygen atoms in total. The molecule has 1 aliphatic rings. The van der Waals surface area contributed by atoms with Gasteiger partial charge in [0.1, 0.15) is 0 Å². The summed E-state index contributed by atoms with van der Waals surface area (Å²) in [6.07, 6.45) is 3.96. The molecule has 1 aliphatic heterocycles. The van der Waals surface area contributed by atoms with Crippen molar-refractivity contribution < 1.29 is 0 Å². The number of nitrogens with one attached hydrogen (secondary N) is 1. The van der Waals surface area contributed by atoms with Gasteiger partial charge in [-0.25, -0.2) is 0 Å². The van der Waals surface area contributed by atoms with E-state index in [2.05, 4.69) is 61.3 Å². The Hall–Kier alpha value is -0.860. The first kappa shape index (κ1) is 15.5. The molecule has 20 heavy (non-hydrogen) atoms. The fraction of sp³-hybridized carbons (Fsp3) is 0.667. The highest BCUT2D eigenvalue weighted by Gasteiger charge is 2.24. The monoisotopic (exact) mass is 274 g/mol. The van der Waals surface area contributed by atoms with Crippen LogP contribution in [-0.2, 0) is 0 Å². The summed E-state index contributed by atoms with van der Waals surface area (Å²) in [6.45, 7) is 10.5. The van der Waals surface area contributed by atoms with Gasteiger partial charge < -0.3 is 10.2 Å².